The van der Waals surface area contributed by atoms with Gasteiger partial charge in [-0.25, -0.2) is 4.98 Å². The molecule has 0 spiro atoms. The normalized spacial score (nSPS) is 10.4. The number of aromatic nitrogens is 1. The Kier molecular flexibility index (Phi) is 4.16. The van der Waals surface area contributed by atoms with Crippen molar-refractivity contribution in [1.82, 2.24) is 4.98 Å². The third-order valence-corrected chi connectivity index (χ3v) is 2.53. The average Bonchev–Trinajstić information content (AvgIpc) is 2.88. The van der Waals surface area contributed by atoms with E-state index in [1.807, 2.05) is 12.1 Å². The van der Waals surface area contributed by atoms with E-state index >= 15 is 0 Å². The fraction of sp³-hybridized carbons (Fsp3) is 0.308. The summed E-state index contributed by atoms with van der Waals surface area (Å²) in [6, 6.07) is 8.20. The first-order valence-corrected chi connectivity index (χ1v) is 5.58. The SMILES string of the molecule is COCCc1ccccc1NCc1cnco1. The second-order valence-electron chi connectivity index (χ2n) is 3.72. The molecule has 1 aromatic carbocycles. The van der Waals surface area contributed by atoms with Gasteiger partial charge < -0.3 is 14.5 Å². The van der Waals surface area contributed by atoms with Crippen molar-refractivity contribution in [2.75, 3.05) is 19.0 Å². The summed E-state index contributed by atoms with van der Waals surface area (Å²) in [6.45, 7) is 1.37. The summed E-state index contributed by atoms with van der Waals surface area (Å²) in [4.78, 5) is 3.88. The summed E-state index contributed by atoms with van der Waals surface area (Å²) in [5.74, 6) is 0.826. The third-order valence-electron chi connectivity index (χ3n) is 2.53. The van der Waals surface area contributed by atoms with Crippen LogP contribution >= 0.6 is 0 Å². The Morgan fingerprint density at radius 2 is 2.24 bits per heavy atom. The van der Waals surface area contributed by atoms with Crippen LogP contribution in [-0.4, -0.2) is 18.7 Å². The smallest absolute Gasteiger partial charge is 0.180 e. The van der Waals surface area contributed by atoms with Crippen LogP contribution < -0.4 is 5.32 Å². The molecule has 17 heavy (non-hydrogen) atoms. The van der Waals surface area contributed by atoms with Crippen molar-refractivity contribution in [3.8, 4) is 0 Å². The lowest BCUT2D eigenvalue weighted by Gasteiger charge is -2.10. The van der Waals surface area contributed by atoms with Crippen LogP contribution in [0.5, 0.6) is 0 Å². The van der Waals surface area contributed by atoms with Crippen molar-refractivity contribution in [2.45, 2.75) is 13.0 Å². The maximum absolute atomic E-state index is 5.18. The number of hydrogen-bond donors (Lipinski definition) is 1. The van der Waals surface area contributed by atoms with E-state index < -0.39 is 0 Å². The van der Waals surface area contributed by atoms with Crippen LogP contribution in [0.3, 0.4) is 0 Å². The standard InChI is InChI=1S/C13H16N2O2/c1-16-7-6-11-4-2-3-5-13(11)15-9-12-8-14-10-17-12/h2-5,8,10,15H,6-7,9H2,1H3. The molecule has 0 aliphatic carbocycles. The molecule has 0 unspecified atom stereocenters. The van der Waals surface area contributed by atoms with E-state index in [9.17, 15) is 0 Å². The molecular weight excluding hydrogens is 216 g/mol. The Hall–Kier alpha value is -1.81. The number of hydrogen-bond acceptors (Lipinski definition) is 4. The van der Waals surface area contributed by atoms with Gasteiger partial charge in [0, 0.05) is 12.8 Å². The molecule has 0 bridgehead atoms. The Morgan fingerprint density at radius 3 is 3.00 bits per heavy atom. The van der Waals surface area contributed by atoms with Crippen LogP contribution in [0.15, 0.2) is 41.3 Å². The number of nitrogens with zero attached hydrogens (tertiary/aromatic N) is 1. The predicted molar refractivity (Wildman–Crippen MR) is 65.9 cm³/mol. The van der Waals surface area contributed by atoms with Crippen molar-refractivity contribution in [1.29, 1.82) is 0 Å². The van der Waals surface area contributed by atoms with Crippen LogP contribution in [0, 0.1) is 0 Å². The minimum absolute atomic E-state index is 0.643. The van der Waals surface area contributed by atoms with Crippen molar-refractivity contribution in [2.24, 2.45) is 0 Å². The highest BCUT2D eigenvalue weighted by molar-refractivity contribution is 5.51. The molecule has 0 saturated heterocycles. The molecule has 2 aromatic rings. The highest BCUT2D eigenvalue weighted by Crippen LogP contribution is 2.16. The number of ether oxygens (including phenoxy) is 1. The zero-order chi connectivity index (χ0) is 11.9. The van der Waals surface area contributed by atoms with Crippen LogP contribution in [0.1, 0.15) is 11.3 Å². The van der Waals surface area contributed by atoms with Crippen molar-refractivity contribution in [3.05, 3.63) is 48.2 Å². The van der Waals surface area contributed by atoms with E-state index in [0.29, 0.717) is 6.54 Å². The molecule has 90 valence electrons. The Bertz CT molecular complexity index is 440. The molecule has 4 heteroatoms. The van der Waals surface area contributed by atoms with E-state index in [0.717, 1.165) is 24.5 Å². The first kappa shape index (κ1) is 11.7. The minimum Gasteiger partial charge on any atom is -0.447 e. The topological polar surface area (TPSA) is 47.3 Å². The monoisotopic (exact) mass is 232 g/mol. The van der Waals surface area contributed by atoms with E-state index in [1.54, 1.807) is 13.3 Å². The van der Waals surface area contributed by atoms with E-state index in [-0.39, 0.29) is 0 Å². The maximum Gasteiger partial charge on any atom is 0.180 e. The van der Waals surface area contributed by atoms with Gasteiger partial charge in [0.15, 0.2) is 6.39 Å². The predicted octanol–water partition coefficient (Wildman–Crippen LogP) is 2.48. The van der Waals surface area contributed by atoms with Gasteiger partial charge in [0.25, 0.3) is 0 Å². The summed E-state index contributed by atoms with van der Waals surface area (Å²) in [6.07, 6.45) is 4.05. The van der Waals surface area contributed by atoms with E-state index in [2.05, 4.69) is 22.4 Å². The molecule has 1 aromatic heterocycles. The van der Waals surface area contributed by atoms with Crippen molar-refractivity contribution < 1.29 is 9.15 Å². The number of nitrogens with one attached hydrogen (secondary N) is 1. The number of oxazole rings is 1. The molecule has 0 saturated carbocycles. The Labute approximate surface area is 101 Å². The second kappa shape index (κ2) is 6.06. The van der Waals surface area contributed by atoms with Crippen molar-refractivity contribution in [3.63, 3.8) is 0 Å². The molecule has 1 heterocycles. The summed E-state index contributed by atoms with van der Waals surface area (Å²) in [5.41, 5.74) is 2.36. The largest absolute Gasteiger partial charge is 0.447 e. The van der Waals surface area contributed by atoms with Gasteiger partial charge in [-0.05, 0) is 18.1 Å². The highest BCUT2D eigenvalue weighted by atomic mass is 16.5. The quantitative estimate of drug-likeness (QED) is 0.831. The van der Waals surface area contributed by atoms with E-state index in [4.69, 9.17) is 9.15 Å². The first-order valence-electron chi connectivity index (χ1n) is 5.58. The number of methoxy groups -OCH3 is 1. The Balaban J connectivity index is 1.99. The summed E-state index contributed by atoms with van der Waals surface area (Å²) >= 11 is 0. The van der Waals surface area contributed by atoms with Crippen LogP contribution in [0.4, 0.5) is 5.69 Å². The van der Waals surface area contributed by atoms with E-state index in [1.165, 1.54) is 12.0 Å². The summed E-state index contributed by atoms with van der Waals surface area (Å²) < 4.78 is 10.3. The second-order valence-corrected chi connectivity index (χ2v) is 3.72. The summed E-state index contributed by atoms with van der Waals surface area (Å²) in [5, 5.41) is 3.34. The lowest BCUT2D eigenvalue weighted by atomic mass is 10.1. The molecule has 0 amide bonds. The molecular formula is C13H16N2O2. The minimum atomic E-state index is 0.643. The van der Waals surface area contributed by atoms with Gasteiger partial charge in [-0.1, -0.05) is 18.2 Å². The molecule has 2 rings (SSSR count). The highest BCUT2D eigenvalue weighted by Gasteiger charge is 2.02. The van der Waals surface area contributed by atoms with Gasteiger partial charge in [0.2, 0.25) is 0 Å². The Morgan fingerprint density at radius 1 is 1.35 bits per heavy atom. The number of benzene rings is 1. The van der Waals surface area contributed by atoms with Crippen molar-refractivity contribution >= 4 is 5.69 Å². The van der Waals surface area contributed by atoms with Crippen LogP contribution in [0.25, 0.3) is 0 Å². The van der Waals surface area contributed by atoms with Gasteiger partial charge in [0.1, 0.15) is 5.76 Å². The zero-order valence-corrected chi connectivity index (χ0v) is 9.85. The van der Waals surface area contributed by atoms with Gasteiger partial charge >= 0.3 is 0 Å². The molecule has 4 nitrogen and oxygen atoms in total. The lowest BCUT2D eigenvalue weighted by Crippen LogP contribution is -2.03. The molecule has 0 fully saturated rings. The van der Waals surface area contributed by atoms with Gasteiger partial charge in [-0.3, -0.25) is 0 Å². The summed E-state index contributed by atoms with van der Waals surface area (Å²) in [7, 11) is 1.71. The third kappa shape index (κ3) is 3.32. The van der Waals surface area contributed by atoms with Crippen LogP contribution in [0.2, 0.25) is 0 Å². The van der Waals surface area contributed by atoms with Gasteiger partial charge in [-0.15, -0.1) is 0 Å². The maximum atomic E-state index is 5.18. The van der Waals surface area contributed by atoms with Gasteiger partial charge in [0.05, 0.1) is 19.3 Å². The van der Waals surface area contributed by atoms with Gasteiger partial charge in [-0.2, -0.15) is 0 Å². The number of rotatable bonds is 6. The fourth-order valence-corrected chi connectivity index (χ4v) is 1.63. The molecule has 0 aliphatic heterocycles. The first-order chi connectivity index (χ1) is 8.40. The van der Waals surface area contributed by atoms with Crippen LogP contribution in [-0.2, 0) is 17.7 Å². The molecule has 1 N–H and O–H groups in total. The zero-order valence-electron chi connectivity index (χ0n) is 9.85. The molecule has 0 radical (unpaired) electrons. The lowest BCUT2D eigenvalue weighted by molar-refractivity contribution is 0.202. The average molecular weight is 232 g/mol. The number of para-hydroxylation sites is 1. The molecule has 0 atom stereocenters. The fourth-order valence-electron chi connectivity index (χ4n) is 1.63. The molecule has 0 aliphatic rings. The number of anilines is 1.